The normalized spacial score (nSPS) is 15.8. The maximum atomic E-state index is 13.5. The number of aromatic nitrogens is 1. The molecule has 0 aromatic carbocycles. The number of nitrogens with zero attached hydrogens (tertiary/aromatic N) is 3. The van der Waals surface area contributed by atoms with Gasteiger partial charge in [-0.3, -0.25) is 4.90 Å². The van der Waals surface area contributed by atoms with Gasteiger partial charge < -0.3 is 24.3 Å². The molecule has 2 heterocycles. The van der Waals surface area contributed by atoms with Crippen molar-refractivity contribution in [1.29, 1.82) is 0 Å². The van der Waals surface area contributed by atoms with E-state index in [1.165, 1.54) is 12.3 Å². The molecule has 0 atom stereocenters. The molecular formula is C15H23BFN3O5. The largest absolute Gasteiger partial charge is 0.707 e. The zero-order chi connectivity index (χ0) is 18.6. The van der Waals surface area contributed by atoms with Crippen LogP contribution in [0.3, 0.4) is 0 Å². The monoisotopic (exact) mass is 355 g/mol. The number of pyridine rings is 1. The lowest BCUT2D eigenvalue weighted by Crippen LogP contribution is -2.49. The van der Waals surface area contributed by atoms with E-state index in [4.69, 9.17) is 14.8 Å². The molecule has 1 amide bonds. The lowest BCUT2D eigenvalue weighted by Gasteiger charge is -2.35. The van der Waals surface area contributed by atoms with Crippen LogP contribution in [0, 0.1) is 5.95 Å². The Bertz CT molecular complexity index is 603. The summed E-state index contributed by atoms with van der Waals surface area (Å²) in [6.07, 6.45) is 1.04. The lowest BCUT2D eigenvalue weighted by molar-refractivity contribution is 0.0139. The average molecular weight is 355 g/mol. The van der Waals surface area contributed by atoms with Crippen molar-refractivity contribution in [3.63, 3.8) is 0 Å². The molecule has 138 valence electrons. The number of rotatable bonds is 4. The Morgan fingerprint density at radius 2 is 1.96 bits per heavy atom. The van der Waals surface area contributed by atoms with Crippen LogP contribution in [0.2, 0.25) is 0 Å². The molecule has 1 aromatic rings. The van der Waals surface area contributed by atoms with Gasteiger partial charge >= 0.3 is 13.4 Å². The summed E-state index contributed by atoms with van der Waals surface area (Å²) < 4.78 is 23.4. The molecule has 8 nitrogen and oxygen atoms in total. The predicted molar refractivity (Wildman–Crippen MR) is 88.1 cm³/mol. The molecule has 1 aliphatic heterocycles. The van der Waals surface area contributed by atoms with Crippen molar-refractivity contribution < 1.29 is 28.6 Å². The van der Waals surface area contributed by atoms with E-state index in [-0.39, 0.29) is 11.8 Å². The van der Waals surface area contributed by atoms with Crippen molar-refractivity contribution in [3.8, 4) is 5.75 Å². The molecule has 25 heavy (non-hydrogen) atoms. The minimum absolute atomic E-state index is 0.320. The van der Waals surface area contributed by atoms with Crippen LogP contribution >= 0.6 is 0 Å². The molecule has 1 aliphatic rings. The first kappa shape index (κ1) is 19.4. The molecule has 1 fully saturated rings. The quantitative estimate of drug-likeness (QED) is 0.604. The number of carbonyl (C=O) groups is 1. The fraction of sp³-hybridized carbons (Fsp3) is 0.600. The van der Waals surface area contributed by atoms with Gasteiger partial charge in [0.15, 0.2) is 5.75 Å². The number of amides is 1. The number of carbonyl (C=O) groups excluding carboxylic acids is 1. The highest BCUT2D eigenvalue weighted by Gasteiger charge is 2.26. The highest BCUT2D eigenvalue weighted by Crippen LogP contribution is 2.19. The second kappa shape index (κ2) is 7.98. The molecule has 0 radical (unpaired) electrons. The van der Waals surface area contributed by atoms with Crippen LogP contribution in [-0.4, -0.2) is 70.0 Å². The zero-order valence-electron chi connectivity index (χ0n) is 14.6. The van der Waals surface area contributed by atoms with Crippen LogP contribution in [0.1, 0.15) is 26.3 Å². The van der Waals surface area contributed by atoms with Crippen LogP contribution in [0.4, 0.5) is 9.18 Å². The second-order valence-electron chi connectivity index (χ2n) is 6.82. The molecule has 2 N–H and O–H groups in total. The van der Waals surface area contributed by atoms with E-state index in [0.717, 1.165) is 0 Å². The number of hydrogen-bond acceptors (Lipinski definition) is 7. The van der Waals surface area contributed by atoms with E-state index in [1.54, 1.807) is 4.90 Å². The Hall–Kier alpha value is -1.91. The van der Waals surface area contributed by atoms with Gasteiger partial charge in [-0.2, -0.15) is 4.39 Å². The van der Waals surface area contributed by atoms with Gasteiger partial charge in [0, 0.05) is 38.9 Å². The molecule has 0 spiro atoms. The fourth-order valence-corrected chi connectivity index (χ4v) is 2.42. The number of halogens is 1. The summed E-state index contributed by atoms with van der Waals surface area (Å²) in [5.74, 6) is -1.23. The summed E-state index contributed by atoms with van der Waals surface area (Å²) in [7, 11) is -2.11. The fourth-order valence-electron chi connectivity index (χ4n) is 2.42. The summed E-state index contributed by atoms with van der Waals surface area (Å²) >= 11 is 0. The van der Waals surface area contributed by atoms with Crippen molar-refractivity contribution in [2.45, 2.75) is 32.9 Å². The van der Waals surface area contributed by atoms with Gasteiger partial charge in [0.2, 0.25) is 0 Å². The Morgan fingerprint density at radius 3 is 2.52 bits per heavy atom. The number of ether oxygens (including phenoxy) is 1. The highest BCUT2D eigenvalue weighted by atomic mass is 19.1. The summed E-state index contributed by atoms with van der Waals surface area (Å²) in [4.78, 5) is 19.3. The average Bonchev–Trinajstić information content (AvgIpc) is 2.49. The van der Waals surface area contributed by atoms with Crippen molar-refractivity contribution in [1.82, 2.24) is 14.8 Å². The summed E-state index contributed by atoms with van der Waals surface area (Å²) in [5.41, 5.74) is 0.143. The van der Waals surface area contributed by atoms with Gasteiger partial charge in [-0.1, -0.05) is 0 Å². The Labute approximate surface area is 146 Å². The topological polar surface area (TPSA) is 95.4 Å². The van der Waals surface area contributed by atoms with E-state index in [0.29, 0.717) is 38.3 Å². The molecule has 1 aromatic heterocycles. The van der Waals surface area contributed by atoms with Gasteiger partial charge in [-0.05, 0) is 32.4 Å². The third-order valence-corrected chi connectivity index (χ3v) is 3.53. The zero-order valence-corrected chi connectivity index (χ0v) is 14.6. The Kier molecular flexibility index (Phi) is 6.20. The third kappa shape index (κ3) is 6.15. The van der Waals surface area contributed by atoms with E-state index in [2.05, 4.69) is 14.5 Å². The molecular weight excluding hydrogens is 332 g/mol. The lowest BCUT2D eigenvalue weighted by atomic mass is 10.2. The minimum Gasteiger partial charge on any atom is -0.508 e. The van der Waals surface area contributed by atoms with E-state index < -0.39 is 18.9 Å². The van der Waals surface area contributed by atoms with E-state index >= 15 is 0 Å². The highest BCUT2D eigenvalue weighted by molar-refractivity contribution is 6.33. The van der Waals surface area contributed by atoms with Crippen molar-refractivity contribution in [2.75, 3.05) is 26.2 Å². The first-order valence-electron chi connectivity index (χ1n) is 8.01. The summed E-state index contributed by atoms with van der Waals surface area (Å²) in [6.45, 7) is 8.28. The van der Waals surface area contributed by atoms with Gasteiger partial charge in [-0.25, -0.2) is 9.78 Å². The van der Waals surface area contributed by atoms with Crippen LogP contribution in [-0.2, 0) is 11.3 Å². The Balaban J connectivity index is 1.89. The minimum atomic E-state index is -2.11. The summed E-state index contributed by atoms with van der Waals surface area (Å²) in [5, 5.41) is 17.6. The SMILES string of the molecule is CC(C)(C)OC(=O)N1CCN(Cc2cnc(F)c(OB(O)O)c2)CC1. The van der Waals surface area contributed by atoms with Crippen LogP contribution in [0.15, 0.2) is 12.3 Å². The van der Waals surface area contributed by atoms with Crippen molar-refractivity contribution >= 4 is 13.4 Å². The third-order valence-electron chi connectivity index (χ3n) is 3.53. The maximum Gasteiger partial charge on any atom is 0.707 e. The molecule has 10 heteroatoms. The van der Waals surface area contributed by atoms with Gasteiger partial charge in [-0.15, -0.1) is 0 Å². The molecule has 1 saturated heterocycles. The van der Waals surface area contributed by atoms with Crippen LogP contribution in [0.25, 0.3) is 0 Å². The number of piperazine rings is 1. The van der Waals surface area contributed by atoms with Crippen LogP contribution in [0.5, 0.6) is 5.75 Å². The molecule has 0 unspecified atom stereocenters. The molecule has 0 saturated carbocycles. The van der Waals surface area contributed by atoms with Crippen molar-refractivity contribution in [2.24, 2.45) is 0 Å². The van der Waals surface area contributed by atoms with Gasteiger partial charge in [0.25, 0.3) is 5.95 Å². The first-order chi connectivity index (χ1) is 11.6. The molecule has 2 rings (SSSR count). The molecule has 0 bridgehead atoms. The predicted octanol–water partition coefficient (Wildman–Crippen LogP) is 0.622. The van der Waals surface area contributed by atoms with E-state index in [1.807, 2.05) is 20.8 Å². The smallest absolute Gasteiger partial charge is 0.508 e. The first-order valence-corrected chi connectivity index (χ1v) is 8.01. The summed E-state index contributed by atoms with van der Waals surface area (Å²) in [6, 6.07) is 1.38. The van der Waals surface area contributed by atoms with Crippen LogP contribution < -0.4 is 4.65 Å². The Morgan fingerprint density at radius 1 is 1.32 bits per heavy atom. The van der Waals surface area contributed by atoms with Gasteiger partial charge in [0.05, 0.1) is 0 Å². The van der Waals surface area contributed by atoms with Crippen molar-refractivity contribution in [3.05, 3.63) is 23.8 Å². The van der Waals surface area contributed by atoms with Gasteiger partial charge in [0.1, 0.15) is 5.60 Å². The maximum absolute atomic E-state index is 13.5. The molecule has 0 aliphatic carbocycles. The van der Waals surface area contributed by atoms with E-state index in [9.17, 15) is 9.18 Å². The number of hydrogen-bond donors (Lipinski definition) is 2. The second-order valence-corrected chi connectivity index (χ2v) is 6.82. The standard InChI is InChI=1S/C15H23BFN3O5/c1-15(2,3)24-14(21)20-6-4-19(5-7-20)10-11-8-12(25-16(22)23)13(17)18-9-11/h8-9,22-23H,4-7,10H2,1-3H3.